The molecule has 5 fully saturated rings. The number of hydrogen-bond acceptors (Lipinski definition) is 1. The molecule has 5 rings (SSSR count). The highest BCUT2D eigenvalue weighted by atomic mass is 16.3. The lowest BCUT2D eigenvalue weighted by molar-refractivity contribution is -0.100. The van der Waals surface area contributed by atoms with Gasteiger partial charge in [0.2, 0.25) is 0 Å². The van der Waals surface area contributed by atoms with Crippen molar-refractivity contribution < 1.29 is 5.11 Å². The monoisotopic (exact) mass is 470 g/mol. The van der Waals surface area contributed by atoms with Gasteiger partial charge in [0.15, 0.2) is 0 Å². The van der Waals surface area contributed by atoms with E-state index in [1.54, 1.807) is 0 Å². The average Bonchev–Trinajstić information content (AvgIpc) is 2.89. The lowest BCUT2D eigenvalue weighted by Gasteiger charge is -2.53. The van der Waals surface area contributed by atoms with E-state index < -0.39 is 0 Å². The minimum atomic E-state index is -0.00101. The molecule has 2 atom stereocenters. The third-order valence-corrected chi connectivity index (χ3v) is 12.0. The third kappa shape index (κ3) is 5.92. The van der Waals surface area contributed by atoms with Crippen molar-refractivity contribution in [2.24, 2.45) is 53.3 Å². The van der Waals surface area contributed by atoms with E-state index in [-0.39, 0.29) is 6.10 Å². The average molecular weight is 471 g/mol. The summed E-state index contributed by atoms with van der Waals surface area (Å²) in [4.78, 5) is 0. The minimum Gasteiger partial charge on any atom is -0.393 e. The van der Waals surface area contributed by atoms with Crippen LogP contribution < -0.4 is 0 Å². The van der Waals surface area contributed by atoms with Crippen molar-refractivity contribution in [2.75, 3.05) is 0 Å². The van der Waals surface area contributed by atoms with Gasteiger partial charge in [-0.05, 0) is 66.1 Å². The molecule has 0 bridgehead atoms. The molecule has 0 spiro atoms. The minimum absolute atomic E-state index is 0.00101. The topological polar surface area (TPSA) is 20.2 Å². The summed E-state index contributed by atoms with van der Waals surface area (Å²) in [5.41, 5.74) is 0. The van der Waals surface area contributed by atoms with Gasteiger partial charge in [-0.25, -0.2) is 0 Å². The zero-order valence-corrected chi connectivity index (χ0v) is 22.8. The van der Waals surface area contributed by atoms with Crippen molar-refractivity contribution in [3.63, 3.8) is 0 Å². The van der Waals surface area contributed by atoms with Crippen LogP contribution in [0, 0.1) is 53.3 Å². The maximum absolute atomic E-state index is 12.4. The molecular formula is C33H58O. The summed E-state index contributed by atoms with van der Waals surface area (Å²) in [5, 5.41) is 12.4. The van der Waals surface area contributed by atoms with Crippen molar-refractivity contribution in [1.29, 1.82) is 0 Å². The lowest BCUT2D eigenvalue weighted by atomic mass is 9.54. The molecule has 2 unspecified atom stereocenters. The Kier molecular flexibility index (Phi) is 9.39. The maximum Gasteiger partial charge on any atom is 0.0602 e. The van der Waals surface area contributed by atoms with Crippen molar-refractivity contribution in [3.05, 3.63) is 0 Å². The Morgan fingerprint density at radius 1 is 0.441 bits per heavy atom. The summed E-state index contributed by atoms with van der Waals surface area (Å²) in [6.07, 6.45) is 32.0. The van der Waals surface area contributed by atoms with Crippen LogP contribution in [0.2, 0.25) is 0 Å². The normalized spacial score (nSPS) is 36.4. The van der Waals surface area contributed by atoms with Crippen molar-refractivity contribution in [1.82, 2.24) is 0 Å². The first-order valence-electron chi connectivity index (χ1n) is 16.4. The molecule has 5 aliphatic rings. The molecule has 1 heteroatoms. The van der Waals surface area contributed by atoms with Crippen LogP contribution in [0.3, 0.4) is 0 Å². The van der Waals surface area contributed by atoms with E-state index >= 15 is 0 Å². The standard InChI is InChI=1S/C33H58O/c1-24-22-29(31(25-14-6-2-7-15-25)26-16-8-3-9-17-26)33(34)30(23-24)32(27-18-10-4-11-19-27)28-20-12-5-13-21-28/h24-34H,2-23H2,1H3. The van der Waals surface area contributed by atoms with E-state index in [0.717, 1.165) is 41.4 Å². The van der Waals surface area contributed by atoms with E-state index in [4.69, 9.17) is 0 Å². The van der Waals surface area contributed by atoms with E-state index in [2.05, 4.69) is 6.92 Å². The van der Waals surface area contributed by atoms with E-state index in [1.807, 2.05) is 0 Å². The second kappa shape index (κ2) is 12.5. The predicted molar refractivity (Wildman–Crippen MR) is 145 cm³/mol. The predicted octanol–water partition coefficient (Wildman–Crippen LogP) is 9.56. The fourth-order valence-electron chi connectivity index (χ4n) is 10.6. The highest BCUT2D eigenvalue weighted by Crippen LogP contribution is 2.54. The van der Waals surface area contributed by atoms with Gasteiger partial charge in [-0.15, -0.1) is 0 Å². The van der Waals surface area contributed by atoms with Gasteiger partial charge in [0.25, 0.3) is 0 Å². The Bertz CT molecular complexity index is 489. The molecular weight excluding hydrogens is 412 g/mol. The van der Waals surface area contributed by atoms with Crippen molar-refractivity contribution >= 4 is 0 Å². The molecule has 0 amide bonds. The molecule has 0 aromatic carbocycles. The Balaban J connectivity index is 1.41. The van der Waals surface area contributed by atoms with Gasteiger partial charge in [0.05, 0.1) is 6.10 Å². The Labute approximate surface area is 212 Å². The van der Waals surface area contributed by atoms with Crippen molar-refractivity contribution in [3.8, 4) is 0 Å². The molecule has 1 nitrogen and oxygen atoms in total. The van der Waals surface area contributed by atoms with Crippen LogP contribution in [0.25, 0.3) is 0 Å². The molecule has 0 radical (unpaired) electrons. The fourth-order valence-corrected chi connectivity index (χ4v) is 10.6. The van der Waals surface area contributed by atoms with E-state index in [9.17, 15) is 5.11 Å². The first-order valence-corrected chi connectivity index (χ1v) is 16.4. The number of aliphatic hydroxyl groups excluding tert-OH is 1. The van der Waals surface area contributed by atoms with E-state index in [1.165, 1.54) is 141 Å². The van der Waals surface area contributed by atoms with Gasteiger partial charge in [-0.3, -0.25) is 0 Å². The van der Waals surface area contributed by atoms with Crippen LogP contribution in [0.1, 0.15) is 148 Å². The second-order valence-electron chi connectivity index (χ2n) is 14.1. The molecule has 0 aromatic heterocycles. The second-order valence-corrected chi connectivity index (χ2v) is 14.1. The molecule has 196 valence electrons. The van der Waals surface area contributed by atoms with Crippen LogP contribution in [-0.2, 0) is 0 Å². The molecule has 1 N–H and O–H groups in total. The highest BCUT2D eigenvalue weighted by Gasteiger charge is 2.49. The molecule has 5 saturated carbocycles. The number of hydrogen-bond donors (Lipinski definition) is 1. The van der Waals surface area contributed by atoms with Gasteiger partial charge in [0, 0.05) is 0 Å². The van der Waals surface area contributed by atoms with Gasteiger partial charge >= 0.3 is 0 Å². The van der Waals surface area contributed by atoms with Gasteiger partial charge < -0.3 is 5.11 Å². The summed E-state index contributed by atoms with van der Waals surface area (Å²) in [6, 6.07) is 0. The molecule has 0 saturated heterocycles. The molecule has 5 aliphatic carbocycles. The fraction of sp³-hybridized carbons (Fsp3) is 1.00. The van der Waals surface area contributed by atoms with Crippen LogP contribution in [0.15, 0.2) is 0 Å². The first-order chi connectivity index (χ1) is 16.7. The lowest BCUT2D eigenvalue weighted by Crippen LogP contribution is -2.50. The summed E-state index contributed by atoms with van der Waals surface area (Å²) < 4.78 is 0. The Hall–Kier alpha value is -0.0400. The Morgan fingerprint density at radius 3 is 0.971 bits per heavy atom. The number of aliphatic hydroxyl groups is 1. The summed E-state index contributed by atoms with van der Waals surface area (Å²) in [6.45, 7) is 2.57. The van der Waals surface area contributed by atoms with Gasteiger partial charge in [0.1, 0.15) is 0 Å². The van der Waals surface area contributed by atoms with Crippen LogP contribution in [-0.4, -0.2) is 11.2 Å². The molecule has 34 heavy (non-hydrogen) atoms. The van der Waals surface area contributed by atoms with Gasteiger partial charge in [-0.2, -0.15) is 0 Å². The smallest absolute Gasteiger partial charge is 0.0602 e. The highest BCUT2D eigenvalue weighted by molar-refractivity contribution is 4.98. The van der Waals surface area contributed by atoms with Crippen molar-refractivity contribution in [2.45, 2.75) is 154 Å². The molecule has 0 aromatic rings. The Morgan fingerprint density at radius 2 is 0.706 bits per heavy atom. The zero-order chi connectivity index (χ0) is 23.3. The van der Waals surface area contributed by atoms with E-state index in [0.29, 0.717) is 11.8 Å². The van der Waals surface area contributed by atoms with Crippen LogP contribution in [0.4, 0.5) is 0 Å². The molecule has 0 heterocycles. The number of rotatable bonds is 6. The summed E-state index contributed by atoms with van der Waals surface area (Å²) in [7, 11) is 0. The van der Waals surface area contributed by atoms with Crippen LogP contribution >= 0.6 is 0 Å². The largest absolute Gasteiger partial charge is 0.393 e. The van der Waals surface area contributed by atoms with Gasteiger partial charge in [-0.1, -0.05) is 135 Å². The quantitative estimate of drug-likeness (QED) is 0.409. The zero-order valence-electron chi connectivity index (χ0n) is 22.8. The van der Waals surface area contributed by atoms with Crippen LogP contribution in [0.5, 0.6) is 0 Å². The first kappa shape index (κ1) is 25.6. The summed E-state index contributed by atoms with van der Waals surface area (Å²) >= 11 is 0. The maximum atomic E-state index is 12.4. The molecule has 0 aliphatic heterocycles. The third-order valence-electron chi connectivity index (χ3n) is 12.0. The SMILES string of the molecule is CC1CC(C(C2CCCCC2)C2CCCCC2)C(O)C(C(C2CCCCC2)C2CCCCC2)C1. The summed E-state index contributed by atoms with van der Waals surface area (Å²) in [5.74, 6) is 7.39.